The Morgan fingerprint density at radius 2 is 1.76 bits per heavy atom. The molecule has 0 atom stereocenters. The van der Waals surface area contributed by atoms with Crippen LogP contribution in [0.4, 0.5) is 5.95 Å². The summed E-state index contributed by atoms with van der Waals surface area (Å²) in [4.78, 5) is 17.4. The fraction of sp³-hybridized carbons (Fsp3) is 0.467. The topological polar surface area (TPSA) is 77.6 Å². The maximum atomic E-state index is 5.89. The van der Waals surface area contributed by atoms with Crippen LogP contribution in [0.5, 0.6) is 0 Å². The van der Waals surface area contributed by atoms with Crippen LogP contribution in [0.2, 0.25) is 0 Å². The van der Waals surface area contributed by atoms with Crippen molar-refractivity contribution < 1.29 is 0 Å². The first-order chi connectivity index (χ1) is 10.2. The SMILES string of the molecule is Nc1nc(-c2cncc(Br)c2)nc(C2CCCCCC2)n1. The molecule has 6 heteroatoms. The summed E-state index contributed by atoms with van der Waals surface area (Å²) in [6.45, 7) is 0. The lowest BCUT2D eigenvalue weighted by atomic mass is 9.99. The van der Waals surface area contributed by atoms with Gasteiger partial charge in [-0.05, 0) is 34.8 Å². The molecule has 5 nitrogen and oxygen atoms in total. The Kier molecular flexibility index (Phi) is 4.43. The molecule has 0 aliphatic heterocycles. The molecule has 21 heavy (non-hydrogen) atoms. The molecular weight excluding hydrogens is 330 g/mol. The second-order valence-electron chi connectivity index (χ2n) is 5.46. The molecule has 2 aromatic rings. The number of anilines is 1. The number of hydrogen-bond donors (Lipinski definition) is 1. The number of hydrogen-bond acceptors (Lipinski definition) is 5. The molecule has 110 valence electrons. The first-order valence-corrected chi connectivity index (χ1v) is 8.14. The molecular formula is C15H18BrN5. The highest BCUT2D eigenvalue weighted by molar-refractivity contribution is 9.10. The third kappa shape index (κ3) is 3.56. The van der Waals surface area contributed by atoms with Gasteiger partial charge in [0.05, 0.1) is 0 Å². The second-order valence-corrected chi connectivity index (χ2v) is 6.37. The highest BCUT2D eigenvalue weighted by Gasteiger charge is 2.19. The smallest absolute Gasteiger partial charge is 0.223 e. The predicted octanol–water partition coefficient (Wildman–Crippen LogP) is 3.72. The Labute approximate surface area is 132 Å². The minimum atomic E-state index is 0.291. The van der Waals surface area contributed by atoms with E-state index in [9.17, 15) is 0 Å². The number of nitrogens with zero attached hydrogens (tertiary/aromatic N) is 4. The predicted molar refractivity (Wildman–Crippen MR) is 85.6 cm³/mol. The Bertz CT molecular complexity index is 623. The van der Waals surface area contributed by atoms with E-state index in [4.69, 9.17) is 5.73 Å². The van der Waals surface area contributed by atoms with Crippen LogP contribution >= 0.6 is 15.9 Å². The monoisotopic (exact) mass is 347 g/mol. The summed E-state index contributed by atoms with van der Waals surface area (Å²) in [6, 6.07) is 1.94. The summed E-state index contributed by atoms with van der Waals surface area (Å²) >= 11 is 3.42. The van der Waals surface area contributed by atoms with Crippen LogP contribution in [0.15, 0.2) is 22.9 Å². The fourth-order valence-electron chi connectivity index (χ4n) is 2.79. The van der Waals surface area contributed by atoms with E-state index in [2.05, 4.69) is 35.9 Å². The number of rotatable bonds is 2. The number of nitrogens with two attached hydrogens (primary N) is 1. The molecule has 0 spiro atoms. The quantitative estimate of drug-likeness (QED) is 0.837. The molecule has 1 saturated carbocycles. The zero-order valence-corrected chi connectivity index (χ0v) is 13.4. The Hall–Kier alpha value is -1.56. The lowest BCUT2D eigenvalue weighted by Gasteiger charge is -2.13. The Balaban J connectivity index is 1.95. The molecule has 3 rings (SSSR count). The third-order valence-electron chi connectivity index (χ3n) is 3.85. The van der Waals surface area contributed by atoms with Crippen LogP contribution in [0, 0.1) is 0 Å². The summed E-state index contributed by atoms with van der Waals surface area (Å²) in [5, 5.41) is 0. The van der Waals surface area contributed by atoms with E-state index < -0.39 is 0 Å². The standard InChI is InChI=1S/C15H18BrN5/c16-12-7-11(8-18-9-12)14-19-13(20-15(17)21-14)10-5-3-1-2-4-6-10/h7-10H,1-6H2,(H2,17,19,20,21). The molecule has 0 radical (unpaired) electrons. The minimum Gasteiger partial charge on any atom is -0.368 e. The third-order valence-corrected chi connectivity index (χ3v) is 4.29. The van der Waals surface area contributed by atoms with Gasteiger partial charge in [-0.25, -0.2) is 4.98 Å². The van der Waals surface area contributed by atoms with Crippen molar-refractivity contribution in [2.45, 2.75) is 44.4 Å². The van der Waals surface area contributed by atoms with Gasteiger partial charge in [0.15, 0.2) is 5.82 Å². The molecule has 0 amide bonds. The molecule has 1 aliphatic carbocycles. The first-order valence-electron chi connectivity index (χ1n) is 7.35. The van der Waals surface area contributed by atoms with Crippen LogP contribution in [0.1, 0.15) is 50.3 Å². The molecule has 2 aromatic heterocycles. The zero-order chi connectivity index (χ0) is 14.7. The lowest BCUT2D eigenvalue weighted by molar-refractivity contribution is 0.559. The van der Waals surface area contributed by atoms with Gasteiger partial charge in [-0.2, -0.15) is 9.97 Å². The van der Waals surface area contributed by atoms with Gasteiger partial charge in [-0.15, -0.1) is 0 Å². The van der Waals surface area contributed by atoms with Crippen LogP contribution in [0.3, 0.4) is 0 Å². The maximum Gasteiger partial charge on any atom is 0.223 e. The fourth-order valence-corrected chi connectivity index (χ4v) is 3.16. The van der Waals surface area contributed by atoms with Crippen molar-refractivity contribution in [3.8, 4) is 11.4 Å². The van der Waals surface area contributed by atoms with Crippen LogP contribution < -0.4 is 5.73 Å². The first kappa shape index (κ1) is 14.4. The number of pyridine rings is 1. The molecule has 0 aromatic carbocycles. The average Bonchev–Trinajstić information content (AvgIpc) is 2.76. The van der Waals surface area contributed by atoms with Crippen LogP contribution in [0.25, 0.3) is 11.4 Å². The van der Waals surface area contributed by atoms with Crippen molar-refractivity contribution >= 4 is 21.9 Å². The summed E-state index contributed by atoms with van der Waals surface area (Å²) in [6.07, 6.45) is 10.9. The highest BCUT2D eigenvalue weighted by Crippen LogP contribution is 2.30. The van der Waals surface area contributed by atoms with E-state index >= 15 is 0 Å². The number of halogens is 1. The van der Waals surface area contributed by atoms with Gasteiger partial charge in [-0.1, -0.05) is 25.7 Å². The maximum absolute atomic E-state index is 5.89. The van der Waals surface area contributed by atoms with E-state index in [1.807, 2.05) is 6.07 Å². The van der Waals surface area contributed by atoms with Gasteiger partial charge in [0.25, 0.3) is 0 Å². The molecule has 0 unspecified atom stereocenters. The molecule has 2 heterocycles. The van der Waals surface area contributed by atoms with Gasteiger partial charge in [0.2, 0.25) is 5.95 Å². The Morgan fingerprint density at radius 1 is 1.00 bits per heavy atom. The van der Waals surface area contributed by atoms with E-state index in [1.54, 1.807) is 12.4 Å². The van der Waals surface area contributed by atoms with Crippen LogP contribution in [-0.2, 0) is 0 Å². The molecule has 2 N–H and O–H groups in total. The van der Waals surface area contributed by atoms with E-state index in [-0.39, 0.29) is 0 Å². The normalized spacial score (nSPS) is 16.6. The van der Waals surface area contributed by atoms with E-state index in [0.29, 0.717) is 17.7 Å². The van der Waals surface area contributed by atoms with Gasteiger partial charge in [-0.3, -0.25) is 4.98 Å². The molecule has 0 bridgehead atoms. The van der Waals surface area contributed by atoms with Crippen molar-refractivity contribution in [1.29, 1.82) is 0 Å². The molecule has 1 aliphatic rings. The Morgan fingerprint density at radius 3 is 2.48 bits per heavy atom. The summed E-state index contributed by atoms with van der Waals surface area (Å²) < 4.78 is 0.898. The van der Waals surface area contributed by atoms with Crippen molar-refractivity contribution in [2.75, 3.05) is 5.73 Å². The summed E-state index contributed by atoms with van der Waals surface area (Å²) in [7, 11) is 0. The lowest BCUT2D eigenvalue weighted by Crippen LogP contribution is -2.09. The van der Waals surface area contributed by atoms with Gasteiger partial charge < -0.3 is 5.73 Å². The number of aromatic nitrogens is 4. The zero-order valence-electron chi connectivity index (χ0n) is 11.8. The highest BCUT2D eigenvalue weighted by atomic mass is 79.9. The van der Waals surface area contributed by atoms with Crippen LogP contribution in [-0.4, -0.2) is 19.9 Å². The van der Waals surface area contributed by atoms with Crippen molar-refractivity contribution in [2.24, 2.45) is 0 Å². The number of nitrogen functional groups attached to an aromatic ring is 1. The largest absolute Gasteiger partial charge is 0.368 e. The van der Waals surface area contributed by atoms with Crippen molar-refractivity contribution in [3.63, 3.8) is 0 Å². The summed E-state index contributed by atoms with van der Waals surface area (Å²) in [5.41, 5.74) is 6.74. The van der Waals surface area contributed by atoms with E-state index in [0.717, 1.165) is 28.7 Å². The average molecular weight is 348 g/mol. The molecule has 0 saturated heterocycles. The van der Waals surface area contributed by atoms with Crippen molar-refractivity contribution in [3.05, 3.63) is 28.8 Å². The molecule has 1 fully saturated rings. The van der Waals surface area contributed by atoms with Gasteiger partial charge in [0.1, 0.15) is 5.82 Å². The van der Waals surface area contributed by atoms with Gasteiger partial charge in [0, 0.05) is 28.3 Å². The minimum absolute atomic E-state index is 0.291. The van der Waals surface area contributed by atoms with Crippen molar-refractivity contribution in [1.82, 2.24) is 19.9 Å². The second kappa shape index (κ2) is 6.47. The van der Waals surface area contributed by atoms with Gasteiger partial charge >= 0.3 is 0 Å². The summed E-state index contributed by atoms with van der Waals surface area (Å²) in [5.74, 6) is 2.13. The van der Waals surface area contributed by atoms with E-state index in [1.165, 1.54) is 25.7 Å².